The maximum atomic E-state index is 7.98. The second-order valence-corrected chi connectivity index (χ2v) is 5.47. The van der Waals surface area contributed by atoms with Crippen LogP contribution in [0.5, 0.6) is 0 Å². The van der Waals surface area contributed by atoms with Crippen molar-refractivity contribution in [1.82, 2.24) is 9.88 Å². The number of likely N-dealkylation sites (N-methyl/N-ethyl adjacent to an activating group) is 1. The van der Waals surface area contributed by atoms with E-state index in [9.17, 15) is 0 Å². The quantitative estimate of drug-likeness (QED) is 0.648. The Morgan fingerprint density at radius 1 is 1.45 bits per heavy atom. The summed E-state index contributed by atoms with van der Waals surface area (Å²) in [7, 11) is 0. The summed E-state index contributed by atoms with van der Waals surface area (Å²) in [6.07, 6.45) is 0.938. The molecule has 3 N–H and O–H groups in total. The van der Waals surface area contributed by atoms with E-state index < -0.39 is 0 Å². The number of nitrogens with one attached hydrogen (secondary N) is 1. The topological polar surface area (TPSA) is 66.0 Å². The fourth-order valence-electron chi connectivity index (χ4n) is 2.99. The number of nitrogen functional groups attached to an aromatic ring is 1. The molecule has 3 rings (SSSR count). The first-order chi connectivity index (χ1) is 9.60. The van der Waals surface area contributed by atoms with Crippen LogP contribution in [-0.4, -0.2) is 28.8 Å². The molecule has 0 fully saturated rings. The van der Waals surface area contributed by atoms with Gasteiger partial charge in [-0.2, -0.15) is 0 Å². The van der Waals surface area contributed by atoms with E-state index in [2.05, 4.69) is 30.9 Å². The summed E-state index contributed by atoms with van der Waals surface area (Å²) in [4.78, 5) is 7.16. The highest BCUT2D eigenvalue weighted by Gasteiger charge is 2.22. The van der Waals surface area contributed by atoms with Crippen LogP contribution in [-0.2, 0) is 13.0 Å². The number of amidine groups is 1. The van der Waals surface area contributed by atoms with Gasteiger partial charge in [0.25, 0.3) is 0 Å². The molecular weight excluding hydrogens is 248 g/mol. The van der Waals surface area contributed by atoms with Crippen LogP contribution in [0.2, 0.25) is 0 Å². The predicted octanol–water partition coefficient (Wildman–Crippen LogP) is 2.21. The second kappa shape index (κ2) is 4.87. The lowest BCUT2D eigenvalue weighted by atomic mass is 9.94. The Bertz CT molecular complexity index is 690. The van der Waals surface area contributed by atoms with E-state index in [0.29, 0.717) is 0 Å². The van der Waals surface area contributed by atoms with E-state index in [-0.39, 0.29) is 5.84 Å². The molecule has 4 nitrogen and oxygen atoms in total. The zero-order valence-electron chi connectivity index (χ0n) is 12.0. The number of hydrogen-bond acceptors (Lipinski definition) is 3. The van der Waals surface area contributed by atoms with Gasteiger partial charge in [0.05, 0.1) is 5.52 Å². The molecule has 0 saturated carbocycles. The van der Waals surface area contributed by atoms with Crippen molar-refractivity contribution in [3.63, 3.8) is 0 Å². The first kappa shape index (κ1) is 13.1. The average Bonchev–Trinajstić information content (AvgIpc) is 2.43. The van der Waals surface area contributed by atoms with Crippen LogP contribution < -0.4 is 5.73 Å². The summed E-state index contributed by atoms with van der Waals surface area (Å²) in [6.45, 7) is 7.11. The summed E-state index contributed by atoms with van der Waals surface area (Å²) in [6, 6.07) is 6.18. The molecular formula is C16H20N4. The van der Waals surface area contributed by atoms with Crippen LogP contribution in [0.3, 0.4) is 0 Å². The number of pyridine rings is 1. The third kappa shape index (κ3) is 2.06. The minimum Gasteiger partial charge on any atom is -0.384 e. The highest BCUT2D eigenvalue weighted by Crippen LogP contribution is 2.28. The Balaban J connectivity index is 2.30. The number of hydrogen-bond donors (Lipinski definition) is 2. The van der Waals surface area contributed by atoms with E-state index in [4.69, 9.17) is 16.1 Å². The molecule has 4 heteroatoms. The molecule has 1 aliphatic rings. The molecule has 0 aliphatic carbocycles. The minimum atomic E-state index is 0.150. The van der Waals surface area contributed by atoms with Gasteiger partial charge in [-0.1, -0.05) is 18.6 Å². The number of rotatable bonds is 2. The van der Waals surface area contributed by atoms with Gasteiger partial charge >= 0.3 is 0 Å². The first-order valence-corrected chi connectivity index (χ1v) is 7.09. The monoisotopic (exact) mass is 268 g/mol. The van der Waals surface area contributed by atoms with Gasteiger partial charge < -0.3 is 5.73 Å². The second-order valence-electron chi connectivity index (χ2n) is 5.47. The lowest BCUT2D eigenvalue weighted by Crippen LogP contribution is -2.33. The number of aromatic nitrogens is 1. The van der Waals surface area contributed by atoms with Gasteiger partial charge in [0.15, 0.2) is 0 Å². The summed E-state index contributed by atoms with van der Waals surface area (Å²) < 4.78 is 0. The Kier molecular flexibility index (Phi) is 3.18. The molecule has 104 valence electrons. The van der Waals surface area contributed by atoms with Gasteiger partial charge in [-0.3, -0.25) is 15.3 Å². The van der Waals surface area contributed by atoms with Crippen molar-refractivity contribution in [1.29, 1.82) is 5.41 Å². The van der Waals surface area contributed by atoms with E-state index in [1.807, 2.05) is 6.07 Å². The van der Waals surface area contributed by atoms with Crippen LogP contribution >= 0.6 is 0 Å². The standard InChI is InChI=1S/C16H20N4/c1-3-20-7-6-14-12(9-20)15(16(17)18)11-8-10(2)4-5-13(11)19-14/h4-5,8H,3,6-7,9H2,1-2H3,(H3,17,18). The molecule has 1 aromatic heterocycles. The molecule has 0 amide bonds. The highest BCUT2D eigenvalue weighted by atomic mass is 15.1. The highest BCUT2D eigenvalue weighted by molar-refractivity contribution is 6.08. The summed E-state index contributed by atoms with van der Waals surface area (Å²) in [5.74, 6) is 0.150. The summed E-state index contributed by atoms with van der Waals surface area (Å²) >= 11 is 0. The van der Waals surface area contributed by atoms with Crippen molar-refractivity contribution < 1.29 is 0 Å². The molecule has 20 heavy (non-hydrogen) atoms. The fraction of sp³-hybridized carbons (Fsp3) is 0.375. The van der Waals surface area contributed by atoms with E-state index >= 15 is 0 Å². The fourth-order valence-corrected chi connectivity index (χ4v) is 2.99. The van der Waals surface area contributed by atoms with E-state index in [1.54, 1.807) is 0 Å². The molecule has 0 atom stereocenters. The Morgan fingerprint density at radius 3 is 2.95 bits per heavy atom. The third-order valence-corrected chi connectivity index (χ3v) is 4.09. The Hall–Kier alpha value is -1.94. The predicted molar refractivity (Wildman–Crippen MR) is 82.2 cm³/mol. The maximum Gasteiger partial charge on any atom is 0.123 e. The van der Waals surface area contributed by atoms with E-state index in [0.717, 1.165) is 53.8 Å². The van der Waals surface area contributed by atoms with Gasteiger partial charge in [-0.15, -0.1) is 0 Å². The Morgan fingerprint density at radius 2 is 2.25 bits per heavy atom. The van der Waals surface area contributed by atoms with Crippen LogP contribution in [0.4, 0.5) is 0 Å². The van der Waals surface area contributed by atoms with Crippen molar-refractivity contribution in [3.8, 4) is 0 Å². The van der Waals surface area contributed by atoms with Crippen molar-refractivity contribution >= 4 is 16.7 Å². The van der Waals surface area contributed by atoms with Gasteiger partial charge in [0, 0.05) is 36.2 Å². The van der Waals surface area contributed by atoms with Crippen LogP contribution in [0, 0.1) is 12.3 Å². The molecule has 1 aliphatic heterocycles. The molecule has 0 unspecified atom stereocenters. The number of benzene rings is 1. The van der Waals surface area contributed by atoms with E-state index in [1.165, 1.54) is 5.56 Å². The lowest BCUT2D eigenvalue weighted by molar-refractivity contribution is 0.266. The summed E-state index contributed by atoms with van der Waals surface area (Å²) in [5, 5.41) is 8.99. The minimum absolute atomic E-state index is 0.150. The van der Waals surface area contributed by atoms with Gasteiger partial charge in [0.2, 0.25) is 0 Å². The molecule has 2 heterocycles. The van der Waals surface area contributed by atoms with Crippen molar-refractivity contribution in [2.75, 3.05) is 13.1 Å². The zero-order valence-corrected chi connectivity index (χ0v) is 12.0. The Labute approximate surface area is 119 Å². The summed E-state index contributed by atoms with van der Waals surface area (Å²) in [5.41, 5.74) is 11.1. The van der Waals surface area contributed by atoms with Crippen molar-refractivity contribution in [2.45, 2.75) is 26.8 Å². The third-order valence-electron chi connectivity index (χ3n) is 4.09. The normalized spacial score (nSPS) is 15.3. The SMILES string of the molecule is CCN1CCc2nc3ccc(C)cc3c(C(=N)N)c2C1. The molecule has 0 radical (unpaired) electrons. The largest absolute Gasteiger partial charge is 0.384 e. The molecule has 1 aromatic carbocycles. The van der Waals surface area contributed by atoms with Crippen LogP contribution in [0.25, 0.3) is 10.9 Å². The lowest BCUT2D eigenvalue weighted by Gasteiger charge is -2.29. The molecule has 0 saturated heterocycles. The van der Waals surface area contributed by atoms with Crippen molar-refractivity contribution in [3.05, 3.63) is 40.6 Å². The molecule has 2 aromatic rings. The van der Waals surface area contributed by atoms with Crippen molar-refractivity contribution in [2.24, 2.45) is 5.73 Å². The van der Waals surface area contributed by atoms with Crippen LogP contribution in [0.1, 0.15) is 29.3 Å². The molecule has 0 bridgehead atoms. The van der Waals surface area contributed by atoms with Gasteiger partial charge in [0.1, 0.15) is 5.84 Å². The number of aryl methyl sites for hydroxylation is 1. The first-order valence-electron chi connectivity index (χ1n) is 7.09. The zero-order chi connectivity index (χ0) is 14.3. The average molecular weight is 268 g/mol. The van der Waals surface area contributed by atoms with Gasteiger partial charge in [-0.05, 0) is 31.2 Å². The van der Waals surface area contributed by atoms with Crippen LogP contribution in [0.15, 0.2) is 18.2 Å². The number of nitrogens with zero attached hydrogens (tertiary/aromatic N) is 2. The number of nitrogens with two attached hydrogens (primary N) is 1. The maximum absolute atomic E-state index is 7.98. The molecule has 0 spiro atoms. The van der Waals surface area contributed by atoms with Gasteiger partial charge in [-0.25, -0.2) is 0 Å². The number of fused-ring (bicyclic) bond motifs is 2. The smallest absolute Gasteiger partial charge is 0.123 e.